The molecule has 4 atom stereocenters. The normalized spacial score (nSPS) is 22.6. The summed E-state index contributed by atoms with van der Waals surface area (Å²) in [5.74, 6) is -2.16. The van der Waals surface area contributed by atoms with Gasteiger partial charge in [-0.1, -0.05) is 95.3 Å². The molecule has 14 nitrogen and oxygen atoms in total. The first kappa shape index (κ1) is 49.6. The first-order chi connectivity index (χ1) is 30.0. The lowest BCUT2D eigenvalue weighted by Crippen LogP contribution is -2.67. The number of carbonyl (C=O) groups excluding carboxylic acids is 2. The highest BCUT2D eigenvalue weighted by Gasteiger charge is 2.57. The van der Waals surface area contributed by atoms with Gasteiger partial charge in [-0.3, -0.25) is 14.5 Å². The highest BCUT2D eigenvalue weighted by atomic mass is 32.2. The molecule has 0 aliphatic carbocycles. The standard InChI is InChI=1S/C46H69N5O9S2Si3/c1-46(2)59-42-36(47-61(54,55)22-25-64(7,8)9)29-51(62(56,57)23-26-65(10,11)12)39(43(42)60-46)30-49-27-34(32-17-13-15-19-37(32)49)40-41(45(53)48(3)44(40)52)35-28-50(31-58-21-24-63(4,5)6)38-20-16-14-18-33(35)38/h13-20,27-28,36,39,42-43,47H,21-26,29-31H2,1-12H3/t36-,39-,42+,43+/m0/s1. The topological polar surface area (TPSA) is 158 Å². The largest absolute Gasteiger partial charge is 0.361 e. The van der Waals surface area contributed by atoms with E-state index in [0.717, 1.165) is 27.4 Å². The van der Waals surface area contributed by atoms with Crippen LogP contribution >= 0.6 is 0 Å². The van der Waals surface area contributed by atoms with Crippen molar-refractivity contribution in [3.63, 3.8) is 0 Å². The van der Waals surface area contributed by atoms with Gasteiger partial charge in [0.15, 0.2) is 5.79 Å². The number of hydrogen-bond donors (Lipinski definition) is 1. The molecule has 19 heteroatoms. The van der Waals surface area contributed by atoms with Gasteiger partial charge >= 0.3 is 0 Å². The summed E-state index contributed by atoms with van der Waals surface area (Å²) in [6.07, 6.45) is 2.09. The minimum absolute atomic E-state index is 0.0634. The molecule has 0 saturated carbocycles. The van der Waals surface area contributed by atoms with Crippen molar-refractivity contribution in [3.8, 4) is 0 Å². The van der Waals surface area contributed by atoms with Gasteiger partial charge in [0.05, 0.1) is 40.3 Å². The number of amides is 2. The molecule has 2 fully saturated rings. The van der Waals surface area contributed by atoms with Gasteiger partial charge in [-0.25, -0.2) is 21.6 Å². The Morgan fingerprint density at radius 2 is 1.20 bits per heavy atom. The van der Waals surface area contributed by atoms with Gasteiger partial charge in [-0.2, -0.15) is 4.31 Å². The van der Waals surface area contributed by atoms with Crippen LogP contribution in [0, 0.1) is 0 Å². The number of ether oxygens (including phenoxy) is 3. The van der Waals surface area contributed by atoms with E-state index in [1.165, 1.54) is 11.4 Å². The van der Waals surface area contributed by atoms with Crippen molar-refractivity contribution in [3.05, 3.63) is 72.1 Å². The number of para-hydroxylation sites is 2. The van der Waals surface area contributed by atoms with E-state index in [4.69, 9.17) is 14.2 Å². The van der Waals surface area contributed by atoms with E-state index < -0.39 is 86.2 Å². The lowest BCUT2D eigenvalue weighted by molar-refractivity contribution is -0.148. The second-order valence-electron chi connectivity index (χ2n) is 22.2. The smallest absolute Gasteiger partial charge is 0.261 e. The average Bonchev–Trinajstić information content (AvgIpc) is 3.91. The molecule has 356 valence electrons. The Labute approximate surface area is 388 Å². The van der Waals surface area contributed by atoms with Crippen LogP contribution in [0.1, 0.15) is 25.0 Å². The first-order valence-electron chi connectivity index (χ1n) is 22.7. The van der Waals surface area contributed by atoms with Crippen LogP contribution in [0.5, 0.6) is 0 Å². The maximum atomic E-state index is 14.7. The molecule has 3 aliphatic heterocycles. The quantitative estimate of drug-likeness (QED) is 0.0613. The Kier molecular flexibility index (Phi) is 13.8. The van der Waals surface area contributed by atoms with Gasteiger partial charge in [0, 0.05) is 90.8 Å². The fourth-order valence-corrected chi connectivity index (χ4v) is 18.7. The summed E-state index contributed by atoms with van der Waals surface area (Å²) in [6.45, 7) is 24.0. The predicted octanol–water partition coefficient (Wildman–Crippen LogP) is 7.32. The first-order valence-corrected chi connectivity index (χ1v) is 37.1. The number of nitrogens with zero attached hydrogens (tertiary/aromatic N) is 4. The predicted molar refractivity (Wildman–Crippen MR) is 268 cm³/mol. The van der Waals surface area contributed by atoms with Gasteiger partial charge in [-0.15, -0.1) is 0 Å². The molecule has 2 saturated heterocycles. The highest BCUT2D eigenvalue weighted by Crippen LogP contribution is 2.43. The van der Waals surface area contributed by atoms with Crippen LogP contribution < -0.4 is 4.72 Å². The molecule has 0 spiro atoms. The van der Waals surface area contributed by atoms with E-state index in [2.05, 4.69) is 63.6 Å². The van der Waals surface area contributed by atoms with Crippen LogP contribution in [0.2, 0.25) is 77.1 Å². The number of aromatic nitrogens is 2. The van der Waals surface area contributed by atoms with E-state index in [0.29, 0.717) is 35.2 Å². The van der Waals surface area contributed by atoms with Crippen molar-refractivity contribution in [1.82, 2.24) is 23.1 Å². The lowest BCUT2D eigenvalue weighted by atomic mass is 9.94. The number of imide groups is 1. The van der Waals surface area contributed by atoms with Crippen molar-refractivity contribution in [2.24, 2.45) is 0 Å². The third-order valence-electron chi connectivity index (χ3n) is 12.6. The highest BCUT2D eigenvalue weighted by molar-refractivity contribution is 7.89. The van der Waals surface area contributed by atoms with Crippen LogP contribution in [0.15, 0.2) is 60.9 Å². The van der Waals surface area contributed by atoms with Crippen LogP contribution in [0.4, 0.5) is 0 Å². The van der Waals surface area contributed by atoms with Crippen molar-refractivity contribution >= 4 is 89.0 Å². The summed E-state index contributed by atoms with van der Waals surface area (Å²) in [7, 11) is -11.2. The molecule has 2 aromatic heterocycles. The molecule has 1 N–H and O–H groups in total. The van der Waals surface area contributed by atoms with Crippen LogP contribution in [0.3, 0.4) is 0 Å². The van der Waals surface area contributed by atoms with E-state index in [1.54, 1.807) is 13.8 Å². The summed E-state index contributed by atoms with van der Waals surface area (Å²) in [5.41, 5.74) is 3.30. The van der Waals surface area contributed by atoms with Crippen molar-refractivity contribution in [2.45, 2.75) is 134 Å². The summed E-state index contributed by atoms with van der Waals surface area (Å²) < 4.78 is 84.4. The fourth-order valence-electron chi connectivity index (χ4n) is 8.96. The molecule has 3 aliphatic rings. The van der Waals surface area contributed by atoms with E-state index >= 15 is 0 Å². The zero-order valence-corrected chi connectivity index (χ0v) is 44.9. The van der Waals surface area contributed by atoms with E-state index in [-0.39, 0.29) is 42.5 Å². The summed E-state index contributed by atoms with van der Waals surface area (Å²) in [5, 5.41) is 1.53. The zero-order valence-electron chi connectivity index (χ0n) is 40.2. The van der Waals surface area contributed by atoms with Crippen LogP contribution in [-0.4, -0.2) is 133 Å². The van der Waals surface area contributed by atoms with Crippen LogP contribution in [-0.2, 0) is 57.1 Å². The number of carbonyl (C=O) groups is 2. The van der Waals surface area contributed by atoms with E-state index in [9.17, 15) is 26.4 Å². The number of piperidine rings is 1. The molecule has 65 heavy (non-hydrogen) atoms. The monoisotopic (exact) mass is 983 g/mol. The van der Waals surface area contributed by atoms with Gasteiger partial charge in [0.2, 0.25) is 20.0 Å². The van der Waals surface area contributed by atoms with Crippen molar-refractivity contribution in [2.75, 3.05) is 31.7 Å². The Morgan fingerprint density at radius 1 is 0.708 bits per heavy atom. The molecule has 4 aromatic rings. The summed E-state index contributed by atoms with van der Waals surface area (Å²) >= 11 is 0. The molecular weight excluding hydrogens is 915 g/mol. The maximum Gasteiger partial charge on any atom is 0.261 e. The number of benzene rings is 2. The van der Waals surface area contributed by atoms with Gasteiger partial charge in [0.1, 0.15) is 18.9 Å². The van der Waals surface area contributed by atoms with Gasteiger partial charge in [-0.05, 0) is 44.1 Å². The summed E-state index contributed by atoms with van der Waals surface area (Å²) in [4.78, 5) is 29.9. The molecule has 0 unspecified atom stereocenters. The molecule has 2 aromatic carbocycles. The summed E-state index contributed by atoms with van der Waals surface area (Å²) in [6, 6.07) is 15.7. The maximum absolute atomic E-state index is 14.7. The molecule has 5 heterocycles. The number of fused-ring (bicyclic) bond motifs is 3. The minimum atomic E-state index is -3.98. The number of sulfonamides is 2. The Hall–Kier alpha value is -3.25. The Bertz CT molecular complexity index is 2730. The second kappa shape index (κ2) is 18.0. The molecular formula is C46H69N5O9S2Si3. The third kappa shape index (κ3) is 11.1. The average molecular weight is 984 g/mol. The molecule has 0 radical (unpaired) electrons. The van der Waals surface area contributed by atoms with Crippen LogP contribution in [0.25, 0.3) is 33.0 Å². The molecule has 7 rings (SSSR count). The fraction of sp³-hybridized carbons (Fsp3) is 0.565. The lowest BCUT2D eigenvalue weighted by Gasteiger charge is -2.44. The SMILES string of the molecule is CN1C(=O)C(c2cn(COCC[Si](C)(C)C)c3ccccc23)=C(c2cn(C[C@H]3[C@H]4OC(C)(C)O[C@@H]4[C@@H](NS(=O)(=O)CC[Si](C)(C)C)CN3S(=O)(=O)CC[Si](C)(C)C)c3ccccc23)C1=O. The van der Waals surface area contributed by atoms with E-state index in [1.807, 2.05) is 70.1 Å². The van der Waals surface area contributed by atoms with Crippen molar-refractivity contribution < 1.29 is 40.6 Å². The number of rotatable bonds is 18. The minimum Gasteiger partial charge on any atom is -0.361 e. The number of hydrogen-bond acceptors (Lipinski definition) is 9. The Morgan fingerprint density at radius 3 is 1.75 bits per heavy atom. The number of nitrogens with one attached hydrogen (secondary N) is 1. The third-order valence-corrected chi connectivity index (χ3v) is 21.8. The molecule has 2 amide bonds. The molecule has 0 bridgehead atoms. The van der Waals surface area contributed by atoms with Gasteiger partial charge < -0.3 is 23.3 Å². The number of likely N-dealkylation sites (N-methyl/N-ethyl adjacent to an activating group) is 1. The zero-order chi connectivity index (χ0) is 47.7. The Balaban J connectivity index is 1.33. The van der Waals surface area contributed by atoms with Gasteiger partial charge in [0.25, 0.3) is 11.8 Å². The second-order valence-corrected chi connectivity index (χ2v) is 43.0. The van der Waals surface area contributed by atoms with Crippen molar-refractivity contribution in [1.29, 1.82) is 0 Å².